The number of carbonyl (C=O) groups is 2. The van der Waals surface area contributed by atoms with Crippen LogP contribution in [0.15, 0.2) is 0 Å². The van der Waals surface area contributed by atoms with Crippen LogP contribution in [0.25, 0.3) is 0 Å². The van der Waals surface area contributed by atoms with Crippen molar-refractivity contribution < 1.29 is 19.4 Å². The van der Waals surface area contributed by atoms with Crippen LogP contribution in [0.1, 0.15) is 13.3 Å². The molecule has 1 heterocycles. The number of aliphatic carboxylic acids is 1. The molecule has 0 aromatic heterocycles. The molecule has 5 nitrogen and oxygen atoms in total. The van der Waals surface area contributed by atoms with Gasteiger partial charge in [0.15, 0.2) is 0 Å². The normalized spacial score (nSPS) is 33.1. The van der Waals surface area contributed by atoms with Crippen molar-refractivity contribution in [3.63, 3.8) is 0 Å². The minimum absolute atomic E-state index is 0.206. The van der Waals surface area contributed by atoms with Gasteiger partial charge in [0.25, 0.3) is 0 Å². The third kappa shape index (κ3) is 1.80. The van der Waals surface area contributed by atoms with Gasteiger partial charge in [0.2, 0.25) is 5.91 Å². The summed E-state index contributed by atoms with van der Waals surface area (Å²) in [4.78, 5) is 21.8. The molecule has 0 aromatic rings. The van der Waals surface area contributed by atoms with Crippen molar-refractivity contribution in [2.24, 2.45) is 5.41 Å². The Morgan fingerprint density at radius 1 is 1.85 bits per heavy atom. The Kier molecular flexibility index (Phi) is 2.56. The summed E-state index contributed by atoms with van der Waals surface area (Å²) in [6, 6.07) is -0.833. The number of carboxylic acids is 1. The maximum absolute atomic E-state index is 11.0. The molecule has 74 valence electrons. The summed E-state index contributed by atoms with van der Waals surface area (Å²) in [6.45, 7) is 2.00. The minimum Gasteiger partial charge on any atom is -0.480 e. The number of ether oxygens (including phenoxy) is 1. The van der Waals surface area contributed by atoms with Gasteiger partial charge < -0.3 is 15.2 Å². The van der Waals surface area contributed by atoms with Crippen LogP contribution < -0.4 is 5.32 Å². The van der Waals surface area contributed by atoms with E-state index in [1.807, 2.05) is 0 Å². The molecule has 0 aromatic carbocycles. The standard InChI is InChI=1S/C8H13NO4/c1-8(4-13-2)3-5(10)9-6(8)7(11)12/h6H,3-4H2,1-2H3,(H,9,10)(H,11,12). The molecule has 13 heavy (non-hydrogen) atoms. The largest absolute Gasteiger partial charge is 0.480 e. The molecule has 2 atom stereocenters. The van der Waals surface area contributed by atoms with Crippen molar-refractivity contribution in [1.29, 1.82) is 0 Å². The van der Waals surface area contributed by atoms with E-state index in [0.29, 0.717) is 0 Å². The highest BCUT2D eigenvalue weighted by atomic mass is 16.5. The zero-order valence-electron chi connectivity index (χ0n) is 7.66. The minimum atomic E-state index is -1.01. The lowest BCUT2D eigenvalue weighted by Gasteiger charge is -2.25. The molecule has 0 spiro atoms. The number of hydrogen-bond acceptors (Lipinski definition) is 3. The number of amides is 1. The molecule has 1 aliphatic heterocycles. The van der Waals surface area contributed by atoms with Gasteiger partial charge in [0.05, 0.1) is 6.61 Å². The molecular weight excluding hydrogens is 174 g/mol. The van der Waals surface area contributed by atoms with Crippen molar-refractivity contribution in [2.45, 2.75) is 19.4 Å². The van der Waals surface area contributed by atoms with Crippen molar-refractivity contribution in [2.75, 3.05) is 13.7 Å². The lowest BCUT2D eigenvalue weighted by atomic mass is 9.83. The number of nitrogens with one attached hydrogen (secondary N) is 1. The first kappa shape index (κ1) is 9.98. The third-order valence-corrected chi connectivity index (χ3v) is 2.29. The molecule has 0 aliphatic carbocycles. The lowest BCUT2D eigenvalue weighted by Crippen LogP contribution is -2.44. The maximum Gasteiger partial charge on any atom is 0.326 e. The average molecular weight is 187 g/mol. The molecule has 1 aliphatic rings. The first-order chi connectivity index (χ1) is 5.99. The Morgan fingerprint density at radius 3 is 2.92 bits per heavy atom. The van der Waals surface area contributed by atoms with Crippen LogP contribution in [-0.4, -0.2) is 36.7 Å². The number of methoxy groups -OCH3 is 1. The Labute approximate surface area is 76.1 Å². The van der Waals surface area contributed by atoms with Crippen LogP contribution in [0.2, 0.25) is 0 Å². The first-order valence-corrected chi connectivity index (χ1v) is 4.01. The van der Waals surface area contributed by atoms with E-state index in [9.17, 15) is 9.59 Å². The molecule has 1 fully saturated rings. The van der Waals surface area contributed by atoms with Gasteiger partial charge in [-0.3, -0.25) is 4.79 Å². The second-order valence-electron chi connectivity index (χ2n) is 3.60. The molecular formula is C8H13NO4. The van der Waals surface area contributed by atoms with Crippen molar-refractivity contribution in [3.8, 4) is 0 Å². The fourth-order valence-electron chi connectivity index (χ4n) is 1.68. The van der Waals surface area contributed by atoms with Gasteiger partial charge in [0, 0.05) is 18.9 Å². The van der Waals surface area contributed by atoms with Gasteiger partial charge in [-0.1, -0.05) is 6.92 Å². The fraction of sp³-hybridized carbons (Fsp3) is 0.750. The molecule has 0 radical (unpaired) electrons. The highest BCUT2D eigenvalue weighted by Crippen LogP contribution is 2.31. The topological polar surface area (TPSA) is 75.6 Å². The van der Waals surface area contributed by atoms with Gasteiger partial charge in [0.1, 0.15) is 6.04 Å². The lowest BCUT2D eigenvalue weighted by molar-refractivity contribution is -0.143. The van der Waals surface area contributed by atoms with Crippen LogP contribution in [0.5, 0.6) is 0 Å². The number of rotatable bonds is 3. The molecule has 1 rings (SSSR count). The van der Waals surface area contributed by atoms with Crippen LogP contribution in [-0.2, 0) is 14.3 Å². The summed E-state index contributed by atoms with van der Waals surface area (Å²) in [7, 11) is 1.49. The molecule has 2 unspecified atom stereocenters. The van der Waals surface area contributed by atoms with Crippen LogP contribution in [0.4, 0.5) is 0 Å². The molecule has 1 amide bonds. The van der Waals surface area contributed by atoms with Crippen LogP contribution >= 0.6 is 0 Å². The van der Waals surface area contributed by atoms with Gasteiger partial charge in [-0.2, -0.15) is 0 Å². The van der Waals surface area contributed by atoms with Gasteiger partial charge >= 0.3 is 5.97 Å². The SMILES string of the molecule is COCC1(C)CC(=O)NC1C(=O)O. The summed E-state index contributed by atoms with van der Waals surface area (Å²) in [5.41, 5.74) is -0.627. The van der Waals surface area contributed by atoms with E-state index < -0.39 is 17.4 Å². The summed E-state index contributed by atoms with van der Waals surface area (Å²) in [5.74, 6) is -1.24. The Balaban J connectivity index is 2.81. The molecule has 2 N–H and O–H groups in total. The van der Waals surface area contributed by atoms with E-state index in [4.69, 9.17) is 9.84 Å². The maximum atomic E-state index is 11.0. The molecule has 1 saturated heterocycles. The predicted octanol–water partition coefficient (Wildman–Crippen LogP) is -0.388. The van der Waals surface area contributed by atoms with Crippen LogP contribution in [0, 0.1) is 5.41 Å². The fourth-order valence-corrected chi connectivity index (χ4v) is 1.68. The van der Waals surface area contributed by atoms with E-state index in [2.05, 4.69) is 5.32 Å². The smallest absolute Gasteiger partial charge is 0.326 e. The van der Waals surface area contributed by atoms with Crippen LogP contribution in [0.3, 0.4) is 0 Å². The zero-order chi connectivity index (χ0) is 10.1. The van der Waals surface area contributed by atoms with Gasteiger partial charge in [-0.25, -0.2) is 4.79 Å². The van der Waals surface area contributed by atoms with Crippen molar-refractivity contribution >= 4 is 11.9 Å². The van der Waals surface area contributed by atoms with Gasteiger partial charge in [-0.15, -0.1) is 0 Å². The second kappa shape index (κ2) is 3.33. The Hall–Kier alpha value is -1.10. The summed E-state index contributed by atoms with van der Waals surface area (Å²) < 4.78 is 4.90. The Morgan fingerprint density at radius 2 is 2.46 bits per heavy atom. The highest BCUT2D eigenvalue weighted by molar-refractivity contribution is 5.89. The van der Waals surface area contributed by atoms with E-state index in [0.717, 1.165) is 0 Å². The van der Waals surface area contributed by atoms with Crippen molar-refractivity contribution in [3.05, 3.63) is 0 Å². The number of carbonyl (C=O) groups excluding carboxylic acids is 1. The Bertz CT molecular complexity index is 240. The molecule has 0 saturated carbocycles. The third-order valence-electron chi connectivity index (χ3n) is 2.29. The predicted molar refractivity (Wildman–Crippen MR) is 44.2 cm³/mol. The number of carboxylic acid groups (broad SMARTS) is 1. The van der Waals surface area contributed by atoms with E-state index in [1.165, 1.54) is 7.11 Å². The monoisotopic (exact) mass is 187 g/mol. The summed E-state index contributed by atoms with van der Waals surface area (Å²) in [6.07, 6.45) is 0.206. The molecule has 5 heteroatoms. The first-order valence-electron chi connectivity index (χ1n) is 4.01. The summed E-state index contributed by atoms with van der Waals surface area (Å²) >= 11 is 0. The van der Waals surface area contributed by atoms with Crippen molar-refractivity contribution in [1.82, 2.24) is 5.32 Å². The van der Waals surface area contributed by atoms with E-state index in [1.54, 1.807) is 6.92 Å². The highest BCUT2D eigenvalue weighted by Gasteiger charge is 2.47. The average Bonchev–Trinajstić information content (AvgIpc) is 2.26. The molecule has 0 bridgehead atoms. The van der Waals surface area contributed by atoms with Gasteiger partial charge in [-0.05, 0) is 0 Å². The second-order valence-corrected chi connectivity index (χ2v) is 3.60. The van der Waals surface area contributed by atoms with E-state index >= 15 is 0 Å². The quantitative estimate of drug-likeness (QED) is 0.631. The summed E-state index contributed by atoms with van der Waals surface area (Å²) in [5, 5.41) is 11.2. The number of hydrogen-bond donors (Lipinski definition) is 2. The zero-order valence-corrected chi connectivity index (χ0v) is 7.66. The van der Waals surface area contributed by atoms with E-state index in [-0.39, 0.29) is 18.9 Å².